The van der Waals surface area contributed by atoms with Crippen LogP contribution in [0.2, 0.25) is 0 Å². The largest absolute Gasteiger partial charge is 0.478 e. The fraction of sp³-hybridized carbons (Fsp3) is 0.750. The second kappa shape index (κ2) is 3.08. The van der Waals surface area contributed by atoms with Crippen molar-refractivity contribution in [2.24, 2.45) is 11.3 Å². The van der Waals surface area contributed by atoms with Crippen LogP contribution in [0, 0.1) is 11.3 Å². The highest BCUT2D eigenvalue weighted by atomic mass is 16.6. The average Bonchev–Trinajstić information content (AvgIpc) is 2.83. The molecule has 0 aromatic carbocycles. The molecule has 0 bridgehead atoms. The van der Waals surface area contributed by atoms with Gasteiger partial charge < -0.3 is 9.84 Å². The van der Waals surface area contributed by atoms with Gasteiger partial charge in [0.05, 0.1) is 6.10 Å². The Morgan fingerprint density at radius 1 is 1.47 bits per heavy atom. The van der Waals surface area contributed by atoms with E-state index < -0.39 is 5.97 Å². The number of carbonyl (C=O) groups is 1. The molecule has 1 N–H and O–H groups in total. The van der Waals surface area contributed by atoms with Gasteiger partial charge in [-0.2, -0.15) is 0 Å². The Kier molecular flexibility index (Phi) is 2.19. The van der Waals surface area contributed by atoms with Crippen molar-refractivity contribution >= 4 is 5.97 Å². The molecular weight excluding hydrogens is 192 g/mol. The van der Waals surface area contributed by atoms with Crippen LogP contribution in [0.3, 0.4) is 0 Å². The second-order valence-electron chi connectivity index (χ2n) is 5.15. The van der Waals surface area contributed by atoms with Gasteiger partial charge in [-0.05, 0) is 25.7 Å². The van der Waals surface area contributed by atoms with Crippen LogP contribution in [0.4, 0.5) is 0 Å². The smallest absolute Gasteiger partial charge is 0.327 e. The molecule has 1 saturated heterocycles. The summed E-state index contributed by atoms with van der Waals surface area (Å²) < 4.78 is 5.74. The van der Waals surface area contributed by atoms with Crippen molar-refractivity contribution < 1.29 is 14.6 Å². The highest BCUT2D eigenvalue weighted by Gasteiger charge is 2.66. The highest BCUT2D eigenvalue weighted by Crippen LogP contribution is 2.60. The lowest BCUT2D eigenvalue weighted by atomic mass is 9.62. The number of ether oxygens (including phenoxy) is 1. The van der Waals surface area contributed by atoms with Gasteiger partial charge in [-0.3, -0.25) is 0 Å². The van der Waals surface area contributed by atoms with E-state index in [1.54, 1.807) is 0 Å². The van der Waals surface area contributed by atoms with E-state index in [0.29, 0.717) is 12.0 Å². The van der Waals surface area contributed by atoms with Crippen LogP contribution < -0.4 is 0 Å². The molecule has 84 valence electrons. The van der Waals surface area contributed by atoms with Crippen molar-refractivity contribution in [1.82, 2.24) is 0 Å². The van der Waals surface area contributed by atoms with Gasteiger partial charge in [-0.1, -0.05) is 19.9 Å². The number of fused-ring (bicyclic) bond motifs is 1. The second-order valence-corrected chi connectivity index (χ2v) is 5.15. The lowest BCUT2D eigenvalue weighted by Crippen LogP contribution is -2.42. The molecule has 15 heavy (non-hydrogen) atoms. The minimum Gasteiger partial charge on any atom is -0.478 e. The van der Waals surface area contributed by atoms with Crippen LogP contribution in [-0.2, 0) is 9.53 Å². The maximum atomic E-state index is 10.6. The molecular formula is C12H18O3. The minimum absolute atomic E-state index is 0.142. The Hall–Kier alpha value is -0.830. The molecule has 1 heterocycles. The molecule has 3 nitrogen and oxygen atoms in total. The number of hydrogen-bond donors (Lipinski definition) is 1. The summed E-state index contributed by atoms with van der Waals surface area (Å²) in [6, 6.07) is 0. The van der Waals surface area contributed by atoms with Crippen LogP contribution in [0.1, 0.15) is 33.6 Å². The highest BCUT2D eigenvalue weighted by molar-refractivity contribution is 5.79. The molecule has 0 spiro atoms. The van der Waals surface area contributed by atoms with Crippen LogP contribution in [-0.4, -0.2) is 22.8 Å². The summed E-state index contributed by atoms with van der Waals surface area (Å²) in [7, 11) is 0. The van der Waals surface area contributed by atoms with Crippen LogP contribution in [0.15, 0.2) is 12.2 Å². The van der Waals surface area contributed by atoms with E-state index in [-0.39, 0.29) is 11.0 Å². The first-order valence-electron chi connectivity index (χ1n) is 5.50. The summed E-state index contributed by atoms with van der Waals surface area (Å²) in [5, 5.41) is 8.70. The Morgan fingerprint density at radius 3 is 2.73 bits per heavy atom. The molecule has 1 saturated carbocycles. The predicted octanol–water partition coefficient (Wildman–Crippen LogP) is 2.22. The zero-order valence-corrected chi connectivity index (χ0v) is 9.49. The molecule has 1 aliphatic carbocycles. The van der Waals surface area contributed by atoms with Crippen molar-refractivity contribution in [3.63, 3.8) is 0 Å². The average molecular weight is 210 g/mol. The molecule has 4 unspecified atom stereocenters. The van der Waals surface area contributed by atoms with E-state index in [1.807, 2.05) is 6.08 Å². The Labute approximate surface area is 90.1 Å². The summed E-state index contributed by atoms with van der Waals surface area (Å²) in [5.41, 5.74) is -0.287. The molecule has 2 fully saturated rings. The summed E-state index contributed by atoms with van der Waals surface area (Å²) in [6.07, 6.45) is 5.62. The van der Waals surface area contributed by atoms with E-state index >= 15 is 0 Å². The van der Waals surface area contributed by atoms with Gasteiger partial charge in [-0.15, -0.1) is 0 Å². The lowest BCUT2D eigenvalue weighted by Gasteiger charge is -2.40. The van der Waals surface area contributed by atoms with Crippen molar-refractivity contribution in [3.8, 4) is 0 Å². The number of carboxylic acid groups (broad SMARTS) is 1. The summed E-state index contributed by atoms with van der Waals surface area (Å²) in [4.78, 5) is 10.6. The van der Waals surface area contributed by atoms with Gasteiger partial charge in [0.15, 0.2) is 0 Å². The molecule has 2 rings (SSSR count). The standard InChI is InChI=1S/C12H18O3/c1-8-4-5-9-12(3,15-9)11(8,2)7-6-10(13)14/h6-9H,4-5H2,1-3H3,(H,13,14)/b7-6+. The molecule has 0 amide bonds. The van der Waals surface area contributed by atoms with E-state index in [2.05, 4.69) is 20.8 Å². The van der Waals surface area contributed by atoms with Gasteiger partial charge in [0.1, 0.15) is 5.60 Å². The Morgan fingerprint density at radius 2 is 2.13 bits per heavy atom. The Balaban J connectivity index is 2.26. The van der Waals surface area contributed by atoms with Crippen LogP contribution in [0.5, 0.6) is 0 Å². The van der Waals surface area contributed by atoms with E-state index in [0.717, 1.165) is 12.8 Å². The third-order valence-corrected chi connectivity index (χ3v) is 4.47. The third-order valence-electron chi connectivity index (χ3n) is 4.47. The first kappa shape index (κ1) is 10.7. The molecule has 4 atom stereocenters. The SMILES string of the molecule is CC1CCC2OC2(C)C1(C)/C=C/C(=O)O. The van der Waals surface area contributed by atoms with Crippen molar-refractivity contribution in [3.05, 3.63) is 12.2 Å². The molecule has 0 aromatic heterocycles. The van der Waals surface area contributed by atoms with Crippen molar-refractivity contribution in [2.75, 3.05) is 0 Å². The zero-order valence-electron chi connectivity index (χ0n) is 9.49. The van der Waals surface area contributed by atoms with E-state index in [1.165, 1.54) is 6.08 Å². The van der Waals surface area contributed by atoms with Gasteiger partial charge in [0.2, 0.25) is 0 Å². The quantitative estimate of drug-likeness (QED) is 0.561. The van der Waals surface area contributed by atoms with Gasteiger partial charge in [-0.25, -0.2) is 4.79 Å². The molecule has 1 aliphatic heterocycles. The normalized spacial score (nSPS) is 49.0. The maximum absolute atomic E-state index is 10.6. The van der Waals surface area contributed by atoms with Gasteiger partial charge >= 0.3 is 5.97 Å². The molecule has 3 heteroatoms. The monoisotopic (exact) mass is 210 g/mol. The van der Waals surface area contributed by atoms with Crippen LogP contribution in [0.25, 0.3) is 0 Å². The molecule has 0 radical (unpaired) electrons. The topological polar surface area (TPSA) is 49.8 Å². The predicted molar refractivity (Wildman–Crippen MR) is 56.6 cm³/mol. The molecule has 0 aromatic rings. The van der Waals surface area contributed by atoms with Gasteiger partial charge in [0, 0.05) is 11.5 Å². The number of aliphatic carboxylic acids is 1. The number of epoxide rings is 1. The first-order valence-corrected chi connectivity index (χ1v) is 5.50. The third kappa shape index (κ3) is 1.41. The number of hydrogen-bond acceptors (Lipinski definition) is 2. The van der Waals surface area contributed by atoms with E-state index in [4.69, 9.17) is 9.84 Å². The zero-order chi connectivity index (χ0) is 11.3. The van der Waals surface area contributed by atoms with Crippen LogP contribution >= 0.6 is 0 Å². The minimum atomic E-state index is -0.880. The summed E-state index contributed by atoms with van der Waals surface area (Å²) in [6.45, 7) is 6.38. The maximum Gasteiger partial charge on any atom is 0.327 e. The fourth-order valence-corrected chi connectivity index (χ4v) is 2.83. The fourth-order valence-electron chi connectivity index (χ4n) is 2.83. The van der Waals surface area contributed by atoms with Crippen molar-refractivity contribution in [2.45, 2.75) is 45.3 Å². The number of carboxylic acids is 1. The van der Waals surface area contributed by atoms with Crippen molar-refractivity contribution in [1.29, 1.82) is 0 Å². The van der Waals surface area contributed by atoms with E-state index in [9.17, 15) is 4.79 Å². The summed E-state index contributed by atoms with van der Waals surface area (Å²) >= 11 is 0. The molecule has 2 aliphatic rings. The lowest BCUT2D eigenvalue weighted by molar-refractivity contribution is -0.131. The van der Waals surface area contributed by atoms with Gasteiger partial charge in [0.25, 0.3) is 0 Å². The first-order chi connectivity index (χ1) is 6.90. The Bertz CT molecular complexity index is 323. The number of rotatable bonds is 2. The summed E-state index contributed by atoms with van der Waals surface area (Å²) in [5.74, 6) is -0.411.